The van der Waals surface area contributed by atoms with Crippen LogP contribution < -0.4 is 4.72 Å². The van der Waals surface area contributed by atoms with Crippen molar-refractivity contribution in [2.45, 2.75) is 18.2 Å². The number of sulfonamides is 1. The third-order valence-electron chi connectivity index (χ3n) is 2.93. The predicted molar refractivity (Wildman–Crippen MR) is 81.5 cm³/mol. The normalized spacial score (nSPS) is 11.5. The van der Waals surface area contributed by atoms with E-state index in [1.807, 2.05) is 25.1 Å². The lowest BCUT2D eigenvalue weighted by molar-refractivity contribution is 0.581. The molecule has 0 unspecified atom stereocenters. The number of hydrogen-bond acceptors (Lipinski definition) is 2. The molecule has 2 aromatic carbocycles. The molecule has 0 amide bonds. The van der Waals surface area contributed by atoms with E-state index in [1.54, 1.807) is 30.3 Å². The second-order valence-corrected chi connectivity index (χ2v) is 6.79. The number of halogens is 1. The third kappa shape index (κ3) is 4.07. The maximum atomic E-state index is 12.1. The summed E-state index contributed by atoms with van der Waals surface area (Å²) in [6, 6.07) is 14.2. The van der Waals surface area contributed by atoms with Crippen LogP contribution >= 0.6 is 11.6 Å². The Balaban J connectivity index is 1.98. The predicted octanol–water partition coefficient (Wildman–Crippen LogP) is 3.17. The molecule has 2 rings (SSSR count). The molecule has 0 saturated carbocycles. The molecule has 0 atom stereocenters. The Kier molecular flexibility index (Phi) is 4.81. The van der Waals surface area contributed by atoms with Crippen LogP contribution in [0.3, 0.4) is 0 Å². The third-order valence-corrected chi connectivity index (χ3v) is 4.64. The van der Waals surface area contributed by atoms with E-state index in [0.29, 0.717) is 18.0 Å². The van der Waals surface area contributed by atoms with E-state index in [0.717, 1.165) is 11.1 Å². The molecular formula is C15H16ClNO2S. The lowest BCUT2D eigenvalue weighted by Gasteiger charge is -2.07. The quantitative estimate of drug-likeness (QED) is 0.922. The van der Waals surface area contributed by atoms with Crippen molar-refractivity contribution in [3.8, 4) is 0 Å². The van der Waals surface area contributed by atoms with Gasteiger partial charge in [0.05, 0.1) is 4.90 Å². The van der Waals surface area contributed by atoms with Crippen LogP contribution in [-0.2, 0) is 16.4 Å². The topological polar surface area (TPSA) is 46.2 Å². The summed E-state index contributed by atoms with van der Waals surface area (Å²) in [5, 5.41) is 0.656. The highest BCUT2D eigenvalue weighted by Gasteiger charge is 2.12. The van der Waals surface area contributed by atoms with Crippen molar-refractivity contribution in [2.24, 2.45) is 0 Å². The van der Waals surface area contributed by atoms with Crippen LogP contribution in [0.15, 0.2) is 53.4 Å². The summed E-state index contributed by atoms with van der Waals surface area (Å²) in [5.41, 5.74) is 2.03. The highest BCUT2D eigenvalue weighted by Crippen LogP contribution is 2.12. The van der Waals surface area contributed by atoms with Crippen molar-refractivity contribution in [3.63, 3.8) is 0 Å². The van der Waals surface area contributed by atoms with Gasteiger partial charge in [0.15, 0.2) is 0 Å². The van der Waals surface area contributed by atoms with Crippen molar-refractivity contribution in [3.05, 3.63) is 64.7 Å². The van der Waals surface area contributed by atoms with E-state index in [-0.39, 0.29) is 4.90 Å². The number of benzene rings is 2. The molecule has 0 aliphatic carbocycles. The first kappa shape index (κ1) is 15.0. The Morgan fingerprint density at radius 3 is 2.45 bits per heavy atom. The zero-order chi connectivity index (χ0) is 14.6. The molecular weight excluding hydrogens is 294 g/mol. The van der Waals surface area contributed by atoms with Gasteiger partial charge in [-0.3, -0.25) is 0 Å². The molecule has 2 aromatic rings. The number of rotatable bonds is 5. The first-order valence-corrected chi connectivity index (χ1v) is 8.14. The van der Waals surface area contributed by atoms with Crippen molar-refractivity contribution >= 4 is 21.6 Å². The zero-order valence-corrected chi connectivity index (χ0v) is 12.7. The van der Waals surface area contributed by atoms with E-state index >= 15 is 0 Å². The average Bonchev–Trinajstić information content (AvgIpc) is 2.39. The fourth-order valence-corrected chi connectivity index (χ4v) is 3.07. The van der Waals surface area contributed by atoms with Crippen LogP contribution in [-0.4, -0.2) is 15.0 Å². The van der Waals surface area contributed by atoms with Gasteiger partial charge < -0.3 is 0 Å². The first-order valence-electron chi connectivity index (χ1n) is 6.28. The molecule has 0 radical (unpaired) electrons. The average molecular weight is 310 g/mol. The SMILES string of the molecule is Cc1ccc(S(=O)(=O)NCCc2cccc(Cl)c2)cc1. The Morgan fingerprint density at radius 2 is 1.80 bits per heavy atom. The molecule has 3 nitrogen and oxygen atoms in total. The standard InChI is InChI=1S/C15H16ClNO2S/c1-12-5-7-15(8-6-12)20(18,19)17-10-9-13-3-2-4-14(16)11-13/h2-8,11,17H,9-10H2,1H3. The van der Waals surface area contributed by atoms with Crippen LogP contribution in [0, 0.1) is 6.92 Å². The monoisotopic (exact) mass is 309 g/mol. The van der Waals surface area contributed by atoms with Crippen molar-refractivity contribution in [1.82, 2.24) is 4.72 Å². The fraction of sp³-hybridized carbons (Fsp3) is 0.200. The maximum Gasteiger partial charge on any atom is 0.240 e. The minimum atomic E-state index is -3.44. The highest BCUT2D eigenvalue weighted by atomic mass is 35.5. The molecule has 0 saturated heterocycles. The molecule has 0 aliphatic rings. The second-order valence-electron chi connectivity index (χ2n) is 4.59. The van der Waals surface area contributed by atoms with E-state index < -0.39 is 10.0 Å². The minimum Gasteiger partial charge on any atom is -0.211 e. The molecule has 20 heavy (non-hydrogen) atoms. The number of hydrogen-bond donors (Lipinski definition) is 1. The van der Waals surface area contributed by atoms with Crippen LogP contribution in [0.5, 0.6) is 0 Å². The number of aryl methyl sites for hydroxylation is 1. The van der Waals surface area contributed by atoms with Gasteiger partial charge in [0, 0.05) is 11.6 Å². The van der Waals surface area contributed by atoms with Gasteiger partial charge in [-0.1, -0.05) is 41.4 Å². The summed E-state index contributed by atoms with van der Waals surface area (Å²) < 4.78 is 26.7. The Bertz CT molecular complexity index is 681. The lowest BCUT2D eigenvalue weighted by Crippen LogP contribution is -2.25. The molecule has 0 heterocycles. The van der Waals surface area contributed by atoms with Crippen molar-refractivity contribution in [2.75, 3.05) is 6.54 Å². The van der Waals surface area contributed by atoms with E-state index in [9.17, 15) is 8.42 Å². The van der Waals surface area contributed by atoms with Gasteiger partial charge in [-0.15, -0.1) is 0 Å². The van der Waals surface area contributed by atoms with Gasteiger partial charge in [0.25, 0.3) is 0 Å². The minimum absolute atomic E-state index is 0.286. The van der Waals surface area contributed by atoms with Gasteiger partial charge in [-0.25, -0.2) is 13.1 Å². The second kappa shape index (κ2) is 6.39. The Hall–Kier alpha value is -1.36. The van der Waals surface area contributed by atoms with Crippen LogP contribution in [0.2, 0.25) is 5.02 Å². The van der Waals surface area contributed by atoms with Gasteiger partial charge in [0.1, 0.15) is 0 Å². The van der Waals surface area contributed by atoms with Gasteiger partial charge in [0.2, 0.25) is 10.0 Å². The molecule has 106 valence electrons. The summed E-state index contributed by atoms with van der Waals surface area (Å²) in [7, 11) is -3.44. The lowest BCUT2D eigenvalue weighted by atomic mass is 10.2. The molecule has 0 bridgehead atoms. The summed E-state index contributed by atoms with van der Waals surface area (Å²) in [4.78, 5) is 0.286. The van der Waals surface area contributed by atoms with Crippen LogP contribution in [0.4, 0.5) is 0 Å². The van der Waals surface area contributed by atoms with Crippen molar-refractivity contribution in [1.29, 1.82) is 0 Å². The smallest absolute Gasteiger partial charge is 0.211 e. The van der Waals surface area contributed by atoms with Crippen LogP contribution in [0.1, 0.15) is 11.1 Å². The van der Waals surface area contributed by atoms with E-state index in [2.05, 4.69) is 4.72 Å². The zero-order valence-electron chi connectivity index (χ0n) is 11.1. The molecule has 0 fully saturated rings. The first-order chi connectivity index (χ1) is 9.47. The number of nitrogens with one attached hydrogen (secondary N) is 1. The Labute approximate surface area is 124 Å². The summed E-state index contributed by atoms with van der Waals surface area (Å²) in [6.45, 7) is 2.26. The van der Waals surface area contributed by atoms with Gasteiger partial charge in [-0.05, 0) is 43.2 Å². The van der Waals surface area contributed by atoms with Gasteiger partial charge in [-0.2, -0.15) is 0 Å². The molecule has 0 aliphatic heterocycles. The summed E-state index contributed by atoms with van der Waals surface area (Å²) in [6.07, 6.45) is 0.603. The molecule has 5 heteroatoms. The molecule has 1 N–H and O–H groups in total. The van der Waals surface area contributed by atoms with E-state index in [4.69, 9.17) is 11.6 Å². The summed E-state index contributed by atoms with van der Waals surface area (Å²) >= 11 is 5.89. The highest BCUT2D eigenvalue weighted by molar-refractivity contribution is 7.89. The van der Waals surface area contributed by atoms with E-state index in [1.165, 1.54) is 0 Å². The van der Waals surface area contributed by atoms with Gasteiger partial charge >= 0.3 is 0 Å². The summed E-state index contributed by atoms with van der Waals surface area (Å²) in [5.74, 6) is 0. The largest absolute Gasteiger partial charge is 0.240 e. The molecule has 0 spiro atoms. The Morgan fingerprint density at radius 1 is 1.10 bits per heavy atom. The fourth-order valence-electron chi connectivity index (χ4n) is 1.82. The molecule has 0 aromatic heterocycles. The maximum absolute atomic E-state index is 12.1. The van der Waals surface area contributed by atoms with Crippen molar-refractivity contribution < 1.29 is 8.42 Å². The van der Waals surface area contributed by atoms with Crippen LogP contribution in [0.25, 0.3) is 0 Å².